The highest BCUT2D eigenvalue weighted by Gasteiger charge is 2.56. The summed E-state index contributed by atoms with van der Waals surface area (Å²) >= 11 is 0. The lowest BCUT2D eigenvalue weighted by Crippen LogP contribution is -2.35. The predicted octanol–water partition coefficient (Wildman–Crippen LogP) is 6.74. The van der Waals surface area contributed by atoms with Gasteiger partial charge in [-0.2, -0.15) is 5.10 Å². The maximum absolute atomic E-state index is 13.1. The van der Waals surface area contributed by atoms with Crippen molar-refractivity contribution in [1.82, 2.24) is 14.8 Å². The minimum absolute atomic E-state index is 0. The van der Waals surface area contributed by atoms with E-state index >= 15 is 0 Å². The van der Waals surface area contributed by atoms with E-state index < -0.39 is 29.8 Å². The van der Waals surface area contributed by atoms with Crippen molar-refractivity contribution in [2.24, 2.45) is 5.41 Å². The third kappa shape index (κ3) is 5.73. The van der Waals surface area contributed by atoms with Crippen LogP contribution in [0.2, 0.25) is 0 Å². The Morgan fingerprint density at radius 1 is 0.902 bits per heavy atom. The fourth-order valence-corrected chi connectivity index (χ4v) is 4.42. The number of fused-ring (bicyclic) bond motifs is 1. The Kier molecular flexibility index (Phi) is 7.67. The Balaban J connectivity index is 0.00000337. The average molecular weight is 576 g/mol. The number of hydrogen-bond acceptors (Lipinski definition) is 5. The number of benzene rings is 3. The molecule has 41 heavy (non-hydrogen) atoms. The summed E-state index contributed by atoms with van der Waals surface area (Å²) in [4.78, 5) is 30.2. The van der Waals surface area contributed by atoms with Crippen LogP contribution in [0, 0.1) is 11.2 Å². The number of anilines is 2. The topological polar surface area (TPSA) is 98.1 Å². The summed E-state index contributed by atoms with van der Waals surface area (Å²) in [6.45, 7) is -0.694. The molecule has 1 saturated carbocycles. The minimum Gasteiger partial charge on any atom is -0.457 e. The predicted molar refractivity (Wildman–Crippen MR) is 153 cm³/mol. The molecular formula is C30H24ClF2N5O3. The normalized spacial score (nSPS) is 13.2. The molecule has 0 aliphatic heterocycles. The third-order valence-corrected chi connectivity index (χ3v) is 6.85. The summed E-state index contributed by atoms with van der Waals surface area (Å²) in [5.41, 5.74) is 2.16. The van der Waals surface area contributed by atoms with E-state index in [1.807, 2.05) is 18.2 Å². The number of hydrogen-bond donors (Lipinski definition) is 2. The fraction of sp³-hybridized carbons (Fsp3) is 0.133. The van der Waals surface area contributed by atoms with E-state index in [0.717, 1.165) is 16.5 Å². The molecule has 11 heteroatoms. The number of nitrogens with zero attached hydrogens (tertiary/aromatic N) is 3. The first-order valence-corrected chi connectivity index (χ1v) is 12.6. The largest absolute Gasteiger partial charge is 0.457 e. The highest BCUT2D eigenvalue weighted by molar-refractivity contribution is 6.16. The van der Waals surface area contributed by atoms with Crippen molar-refractivity contribution in [3.8, 4) is 22.6 Å². The Bertz CT molecular complexity index is 1720. The monoisotopic (exact) mass is 575 g/mol. The smallest absolute Gasteiger partial charge is 0.240 e. The van der Waals surface area contributed by atoms with E-state index in [9.17, 15) is 18.4 Å². The summed E-state index contributed by atoms with van der Waals surface area (Å²) < 4.78 is 33.3. The van der Waals surface area contributed by atoms with E-state index in [4.69, 9.17) is 4.74 Å². The van der Waals surface area contributed by atoms with Crippen LogP contribution in [0.3, 0.4) is 0 Å². The average Bonchev–Trinajstić information content (AvgIpc) is 3.66. The zero-order chi connectivity index (χ0) is 27.7. The maximum atomic E-state index is 13.1. The van der Waals surface area contributed by atoms with Gasteiger partial charge >= 0.3 is 0 Å². The Labute approximate surface area is 239 Å². The van der Waals surface area contributed by atoms with Gasteiger partial charge in [-0.3, -0.25) is 14.6 Å². The van der Waals surface area contributed by atoms with Gasteiger partial charge in [0.25, 0.3) is 0 Å². The van der Waals surface area contributed by atoms with Crippen molar-refractivity contribution in [3.05, 3.63) is 97.2 Å². The molecule has 5 aromatic rings. The molecule has 208 valence electrons. The van der Waals surface area contributed by atoms with Gasteiger partial charge in [0, 0.05) is 34.7 Å². The first kappa shape index (κ1) is 27.7. The van der Waals surface area contributed by atoms with Crippen LogP contribution in [-0.4, -0.2) is 26.6 Å². The Morgan fingerprint density at radius 3 is 2.17 bits per heavy atom. The Morgan fingerprint density at radius 2 is 1.56 bits per heavy atom. The van der Waals surface area contributed by atoms with Gasteiger partial charge in [0.05, 0.1) is 11.7 Å². The van der Waals surface area contributed by atoms with Crippen molar-refractivity contribution in [3.63, 3.8) is 0 Å². The SMILES string of the molecule is Cl.O=C(Nc1ccc(F)cc1)C1(C(=O)Nc2ccc(Oc3ccnc4cc(-c5cnn(CF)c5)ccc34)cc2)CC1. The summed E-state index contributed by atoms with van der Waals surface area (Å²) in [5.74, 6) is -0.0685. The maximum Gasteiger partial charge on any atom is 0.240 e. The highest BCUT2D eigenvalue weighted by Crippen LogP contribution is 2.47. The van der Waals surface area contributed by atoms with Crippen LogP contribution >= 0.6 is 12.4 Å². The molecule has 1 fully saturated rings. The van der Waals surface area contributed by atoms with Gasteiger partial charge in [0.1, 0.15) is 22.7 Å². The highest BCUT2D eigenvalue weighted by atomic mass is 35.5. The number of alkyl halides is 1. The fourth-order valence-electron chi connectivity index (χ4n) is 4.42. The summed E-state index contributed by atoms with van der Waals surface area (Å²) in [5, 5.41) is 10.3. The molecule has 2 aromatic heterocycles. The molecule has 8 nitrogen and oxygen atoms in total. The van der Waals surface area contributed by atoms with Crippen molar-refractivity contribution >= 4 is 46.5 Å². The van der Waals surface area contributed by atoms with Crippen LogP contribution in [0.15, 0.2) is 91.4 Å². The summed E-state index contributed by atoms with van der Waals surface area (Å²) in [6, 6.07) is 19.7. The van der Waals surface area contributed by atoms with E-state index in [-0.39, 0.29) is 12.4 Å². The molecule has 2 amide bonds. The molecule has 0 spiro atoms. The number of carbonyl (C=O) groups excluding carboxylic acids is 2. The molecular weight excluding hydrogens is 552 g/mol. The van der Waals surface area contributed by atoms with E-state index in [0.29, 0.717) is 41.2 Å². The van der Waals surface area contributed by atoms with E-state index in [2.05, 4.69) is 20.7 Å². The second-order valence-corrected chi connectivity index (χ2v) is 9.55. The number of halogens is 3. The van der Waals surface area contributed by atoms with E-state index in [1.165, 1.54) is 28.9 Å². The summed E-state index contributed by atoms with van der Waals surface area (Å²) in [7, 11) is 0. The van der Waals surface area contributed by atoms with Crippen molar-refractivity contribution in [2.75, 3.05) is 10.6 Å². The first-order valence-electron chi connectivity index (χ1n) is 12.6. The van der Waals surface area contributed by atoms with Crippen LogP contribution in [0.4, 0.5) is 20.2 Å². The molecule has 0 bridgehead atoms. The lowest BCUT2D eigenvalue weighted by atomic mass is 10.0. The second kappa shape index (κ2) is 11.3. The zero-order valence-corrected chi connectivity index (χ0v) is 22.3. The van der Waals surface area contributed by atoms with Crippen LogP contribution in [0.1, 0.15) is 12.8 Å². The molecule has 2 heterocycles. The molecule has 1 aliphatic rings. The molecule has 0 saturated heterocycles. The van der Waals surface area contributed by atoms with Gasteiger partial charge in [-0.25, -0.2) is 13.5 Å². The lowest BCUT2D eigenvalue weighted by Gasteiger charge is -2.16. The number of amides is 2. The molecule has 1 aliphatic carbocycles. The first-order chi connectivity index (χ1) is 19.4. The number of pyridine rings is 1. The van der Waals surface area contributed by atoms with Crippen LogP contribution in [-0.2, 0) is 16.4 Å². The standard InChI is InChI=1S/C30H23F2N5O3.ClH/c31-18-37-17-20(16-34-37)19-1-10-25-26(15-19)33-14-11-27(25)40-24-8-6-23(7-9-24)36-29(39)30(12-13-30)28(38)35-22-4-2-21(32)3-5-22;/h1-11,14-17H,12-13,18H2,(H,35,38)(H,36,39);1H. The van der Waals surface area contributed by atoms with Gasteiger partial charge in [-0.15, -0.1) is 12.4 Å². The van der Waals surface area contributed by atoms with Gasteiger partial charge in [-0.1, -0.05) is 6.07 Å². The van der Waals surface area contributed by atoms with Crippen LogP contribution < -0.4 is 15.4 Å². The molecule has 0 atom stereocenters. The number of aromatic nitrogens is 3. The van der Waals surface area contributed by atoms with Crippen LogP contribution in [0.5, 0.6) is 11.5 Å². The van der Waals surface area contributed by atoms with Crippen molar-refractivity contribution in [2.45, 2.75) is 19.6 Å². The van der Waals surface area contributed by atoms with Crippen molar-refractivity contribution < 1.29 is 23.1 Å². The lowest BCUT2D eigenvalue weighted by molar-refractivity contribution is -0.131. The molecule has 0 radical (unpaired) electrons. The third-order valence-electron chi connectivity index (χ3n) is 6.85. The quantitative estimate of drug-likeness (QED) is 0.200. The molecule has 6 rings (SSSR count). The number of ether oxygens (including phenoxy) is 1. The zero-order valence-electron chi connectivity index (χ0n) is 21.5. The van der Waals surface area contributed by atoms with E-state index in [1.54, 1.807) is 48.9 Å². The van der Waals surface area contributed by atoms with Crippen molar-refractivity contribution in [1.29, 1.82) is 0 Å². The van der Waals surface area contributed by atoms with Gasteiger partial charge in [0.2, 0.25) is 11.8 Å². The number of carbonyl (C=O) groups is 2. The Hall–Kier alpha value is -4.83. The molecule has 0 unspecified atom stereocenters. The van der Waals surface area contributed by atoms with Crippen LogP contribution in [0.25, 0.3) is 22.0 Å². The molecule has 3 aromatic carbocycles. The summed E-state index contributed by atoms with van der Waals surface area (Å²) in [6.07, 6.45) is 5.74. The second-order valence-electron chi connectivity index (χ2n) is 9.55. The number of rotatable bonds is 8. The van der Waals surface area contributed by atoms with Gasteiger partial charge < -0.3 is 15.4 Å². The number of nitrogens with one attached hydrogen (secondary N) is 2. The van der Waals surface area contributed by atoms with Gasteiger partial charge in [0.15, 0.2) is 6.80 Å². The molecule has 2 N–H and O–H groups in total. The van der Waals surface area contributed by atoms with Gasteiger partial charge in [-0.05, 0) is 85.1 Å². The minimum atomic E-state index is -1.15.